The molecule has 0 aliphatic carbocycles. The molecule has 0 aromatic heterocycles. The second-order valence-electron chi connectivity index (χ2n) is 4.71. The fourth-order valence-corrected chi connectivity index (χ4v) is 2.31. The molecule has 3 heteroatoms. The van der Waals surface area contributed by atoms with Gasteiger partial charge in [0.05, 0.1) is 5.60 Å². The molecular weight excluding hydrogens is 166 g/mol. The quantitative estimate of drug-likeness (QED) is 0.690. The molecule has 3 nitrogen and oxygen atoms in total. The standard InChI is InChI=1S/C10H21NO2/c1-9(2)7-10(8-11,3-5-12)4-6-13-9/h12H,3-8,11H2,1-2H3. The topological polar surface area (TPSA) is 55.5 Å². The van der Waals surface area contributed by atoms with Gasteiger partial charge in [-0.05, 0) is 45.1 Å². The van der Waals surface area contributed by atoms with Crippen LogP contribution >= 0.6 is 0 Å². The van der Waals surface area contributed by atoms with Crippen LogP contribution in [0.3, 0.4) is 0 Å². The lowest BCUT2D eigenvalue weighted by atomic mass is 9.72. The molecule has 1 unspecified atom stereocenters. The van der Waals surface area contributed by atoms with Gasteiger partial charge in [-0.2, -0.15) is 0 Å². The van der Waals surface area contributed by atoms with Crippen LogP contribution in [0.2, 0.25) is 0 Å². The van der Waals surface area contributed by atoms with Gasteiger partial charge in [-0.15, -0.1) is 0 Å². The Labute approximate surface area is 80.3 Å². The molecule has 0 aromatic carbocycles. The molecule has 3 N–H and O–H groups in total. The van der Waals surface area contributed by atoms with Gasteiger partial charge in [0.15, 0.2) is 0 Å². The van der Waals surface area contributed by atoms with Crippen molar-refractivity contribution in [2.24, 2.45) is 11.1 Å². The van der Waals surface area contributed by atoms with Crippen molar-refractivity contribution >= 4 is 0 Å². The molecule has 13 heavy (non-hydrogen) atoms. The monoisotopic (exact) mass is 187 g/mol. The molecule has 0 radical (unpaired) electrons. The number of ether oxygens (including phenoxy) is 1. The maximum Gasteiger partial charge on any atom is 0.0632 e. The lowest BCUT2D eigenvalue weighted by molar-refractivity contribution is -0.107. The van der Waals surface area contributed by atoms with Crippen molar-refractivity contribution < 1.29 is 9.84 Å². The smallest absolute Gasteiger partial charge is 0.0632 e. The summed E-state index contributed by atoms with van der Waals surface area (Å²) in [5.41, 5.74) is 5.81. The molecule has 0 bridgehead atoms. The summed E-state index contributed by atoms with van der Waals surface area (Å²) in [7, 11) is 0. The number of aliphatic hydroxyl groups excluding tert-OH is 1. The number of aliphatic hydroxyl groups is 1. The van der Waals surface area contributed by atoms with E-state index in [2.05, 4.69) is 13.8 Å². The first-order chi connectivity index (χ1) is 6.04. The third-order valence-electron chi connectivity index (χ3n) is 3.00. The Hall–Kier alpha value is -0.120. The van der Waals surface area contributed by atoms with Crippen LogP contribution < -0.4 is 5.73 Å². The lowest BCUT2D eigenvalue weighted by Gasteiger charge is -2.44. The minimum absolute atomic E-state index is 0.0766. The van der Waals surface area contributed by atoms with Crippen molar-refractivity contribution in [3.63, 3.8) is 0 Å². The van der Waals surface area contributed by atoms with Gasteiger partial charge in [0, 0.05) is 13.2 Å². The molecule has 1 fully saturated rings. The Morgan fingerprint density at radius 3 is 2.62 bits per heavy atom. The zero-order chi connectivity index (χ0) is 9.95. The van der Waals surface area contributed by atoms with Crippen molar-refractivity contribution in [2.45, 2.75) is 38.7 Å². The van der Waals surface area contributed by atoms with Crippen LogP contribution in [0.1, 0.15) is 33.1 Å². The average molecular weight is 187 g/mol. The molecule has 1 aliphatic heterocycles. The Morgan fingerprint density at radius 1 is 1.46 bits per heavy atom. The van der Waals surface area contributed by atoms with E-state index in [1.807, 2.05) is 0 Å². The molecule has 78 valence electrons. The third-order valence-corrected chi connectivity index (χ3v) is 3.00. The number of nitrogens with two attached hydrogens (primary N) is 1. The summed E-state index contributed by atoms with van der Waals surface area (Å²) in [5.74, 6) is 0. The highest BCUT2D eigenvalue weighted by molar-refractivity contribution is 4.90. The van der Waals surface area contributed by atoms with Gasteiger partial charge >= 0.3 is 0 Å². The number of hydrogen-bond donors (Lipinski definition) is 2. The maximum absolute atomic E-state index is 8.99. The van der Waals surface area contributed by atoms with E-state index in [0.717, 1.165) is 25.9 Å². The van der Waals surface area contributed by atoms with Crippen LogP contribution in [0.4, 0.5) is 0 Å². The predicted octanol–water partition coefficient (Wildman–Crippen LogP) is 0.903. The number of rotatable bonds is 3. The Kier molecular flexibility index (Phi) is 3.33. The van der Waals surface area contributed by atoms with Crippen molar-refractivity contribution in [1.82, 2.24) is 0 Å². The summed E-state index contributed by atoms with van der Waals surface area (Å²) in [6.07, 6.45) is 2.74. The normalized spacial score (nSPS) is 33.2. The summed E-state index contributed by atoms with van der Waals surface area (Å²) in [5, 5.41) is 8.99. The van der Waals surface area contributed by atoms with E-state index < -0.39 is 0 Å². The van der Waals surface area contributed by atoms with Gasteiger partial charge in [-0.3, -0.25) is 0 Å². The molecule has 1 saturated heterocycles. The van der Waals surface area contributed by atoms with E-state index >= 15 is 0 Å². The number of hydrogen-bond acceptors (Lipinski definition) is 3. The van der Waals surface area contributed by atoms with Crippen molar-refractivity contribution in [3.8, 4) is 0 Å². The Balaban J connectivity index is 2.64. The van der Waals surface area contributed by atoms with E-state index in [9.17, 15) is 0 Å². The van der Waals surface area contributed by atoms with Gasteiger partial charge in [-0.25, -0.2) is 0 Å². The SMILES string of the molecule is CC1(C)CC(CN)(CCO)CCO1. The molecule has 1 rings (SSSR count). The van der Waals surface area contributed by atoms with Crippen LogP contribution in [-0.2, 0) is 4.74 Å². The van der Waals surface area contributed by atoms with Crippen molar-refractivity contribution in [3.05, 3.63) is 0 Å². The van der Waals surface area contributed by atoms with E-state index in [-0.39, 0.29) is 17.6 Å². The first-order valence-electron chi connectivity index (χ1n) is 4.99. The molecule has 0 amide bonds. The summed E-state index contributed by atoms with van der Waals surface area (Å²) in [6, 6.07) is 0. The van der Waals surface area contributed by atoms with E-state index in [0.29, 0.717) is 6.54 Å². The highest BCUT2D eigenvalue weighted by Crippen LogP contribution is 2.40. The van der Waals surface area contributed by atoms with E-state index in [4.69, 9.17) is 15.6 Å². The van der Waals surface area contributed by atoms with Crippen LogP contribution in [0.5, 0.6) is 0 Å². The predicted molar refractivity (Wildman–Crippen MR) is 52.5 cm³/mol. The highest BCUT2D eigenvalue weighted by atomic mass is 16.5. The molecule has 0 spiro atoms. The van der Waals surface area contributed by atoms with Crippen LogP contribution in [-0.4, -0.2) is 30.5 Å². The zero-order valence-corrected chi connectivity index (χ0v) is 8.68. The fraction of sp³-hybridized carbons (Fsp3) is 1.00. The first-order valence-corrected chi connectivity index (χ1v) is 4.99. The van der Waals surface area contributed by atoms with Crippen molar-refractivity contribution in [2.75, 3.05) is 19.8 Å². The van der Waals surface area contributed by atoms with Crippen molar-refractivity contribution in [1.29, 1.82) is 0 Å². The summed E-state index contributed by atoms with van der Waals surface area (Å²) >= 11 is 0. The molecule has 0 aromatic rings. The fourth-order valence-electron chi connectivity index (χ4n) is 2.31. The lowest BCUT2D eigenvalue weighted by Crippen LogP contribution is -2.45. The van der Waals surface area contributed by atoms with Gasteiger partial charge < -0.3 is 15.6 Å². The molecule has 1 heterocycles. The van der Waals surface area contributed by atoms with Gasteiger partial charge in [0.25, 0.3) is 0 Å². The summed E-state index contributed by atoms with van der Waals surface area (Å²) in [4.78, 5) is 0. The van der Waals surface area contributed by atoms with Gasteiger partial charge in [0.2, 0.25) is 0 Å². The molecule has 1 aliphatic rings. The molecular formula is C10H21NO2. The van der Waals surface area contributed by atoms with Crippen LogP contribution in [0.25, 0.3) is 0 Å². The highest BCUT2D eigenvalue weighted by Gasteiger charge is 2.39. The maximum atomic E-state index is 8.99. The van der Waals surface area contributed by atoms with Gasteiger partial charge in [0.1, 0.15) is 0 Å². The zero-order valence-electron chi connectivity index (χ0n) is 8.68. The van der Waals surface area contributed by atoms with Crippen LogP contribution in [0, 0.1) is 5.41 Å². The second kappa shape index (κ2) is 3.95. The largest absolute Gasteiger partial charge is 0.396 e. The Morgan fingerprint density at radius 2 is 2.15 bits per heavy atom. The summed E-state index contributed by atoms with van der Waals surface area (Å²) < 4.78 is 5.63. The van der Waals surface area contributed by atoms with Gasteiger partial charge in [-0.1, -0.05) is 0 Å². The minimum Gasteiger partial charge on any atom is -0.396 e. The minimum atomic E-state index is -0.0766. The van der Waals surface area contributed by atoms with E-state index in [1.165, 1.54) is 0 Å². The molecule has 1 atom stereocenters. The summed E-state index contributed by atoms with van der Waals surface area (Å²) in [6.45, 7) is 5.83. The average Bonchev–Trinajstić information content (AvgIpc) is 2.03. The first kappa shape index (κ1) is 11.0. The van der Waals surface area contributed by atoms with E-state index in [1.54, 1.807) is 0 Å². The Bertz CT molecular complexity index is 166. The van der Waals surface area contributed by atoms with Crippen LogP contribution in [0.15, 0.2) is 0 Å². The molecule has 0 saturated carbocycles. The third kappa shape index (κ3) is 2.66. The second-order valence-corrected chi connectivity index (χ2v) is 4.71.